The van der Waals surface area contributed by atoms with E-state index in [1.807, 2.05) is 6.92 Å². The average Bonchev–Trinajstić information content (AvgIpc) is 2.36. The highest BCUT2D eigenvalue weighted by atomic mass is 35.5. The van der Waals surface area contributed by atoms with E-state index in [0.29, 0.717) is 12.8 Å². The van der Waals surface area contributed by atoms with Crippen LogP contribution in [0, 0.1) is 5.92 Å². The highest BCUT2D eigenvalue weighted by Crippen LogP contribution is 2.33. The van der Waals surface area contributed by atoms with E-state index in [0.717, 1.165) is 18.2 Å². The van der Waals surface area contributed by atoms with E-state index in [-0.39, 0.29) is 15.7 Å². The predicted molar refractivity (Wildman–Crippen MR) is 80.3 cm³/mol. The largest absolute Gasteiger partial charge is 0.416 e. The van der Waals surface area contributed by atoms with Gasteiger partial charge in [0.2, 0.25) is 5.91 Å². The summed E-state index contributed by atoms with van der Waals surface area (Å²) in [6, 6.07) is 2.70. The fraction of sp³-hybridized carbons (Fsp3) is 0.385. The minimum Gasteiger partial charge on any atom is -0.393 e. The molecule has 1 aromatic rings. The molecule has 116 valence electrons. The van der Waals surface area contributed by atoms with Crippen molar-refractivity contribution in [2.24, 2.45) is 11.7 Å². The average molecular weight is 339 g/mol. The van der Waals surface area contributed by atoms with Crippen LogP contribution in [-0.4, -0.2) is 10.9 Å². The highest BCUT2D eigenvalue weighted by Gasteiger charge is 2.31. The van der Waals surface area contributed by atoms with Crippen LogP contribution in [0.1, 0.15) is 25.3 Å². The third kappa shape index (κ3) is 4.86. The van der Waals surface area contributed by atoms with Crippen LogP contribution in [0.25, 0.3) is 0 Å². The number of amides is 1. The van der Waals surface area contributed by atoms with Gasteiger partial charge in [-0.15, -0.1) is 0 Å². The lowest BCUT2D eigenvalue weighted by Crippen LogP contribution is -2.33. The molecule has 0 aliphatic carbocycles. The Morgan fingerprint density at radius 1 is 1.48 bits per heavy atom. The number of anilines is 1. The molecule has 3 nitrogen and oxygen atoms in total. The van der Waals surface area contributed by atoms with Gasteiger partial charge in [0, 0.05) is 0 Å². The molecule has 0 aromatic heterocycles. The van der Waals surface area contributed by atoms with Crippen molar-refractivity contribution in [2.75, 3.05) is 5.32 Å². The lowest BCUT2D eigenvalue weighted by molar-refractivity contribution is -0.137. The van der Waals surface area contributed by atoms with Gasteiger partial charge in [0.05, 0.1) is 27.2 Å². The molecule has 0 bridgehead atoms. The second kappa shape index (κ2) is 7.09. The second-order valence-electron chi connectivity index (χ2n) is 4.43. The maximum atomic E-state index is 12.5. The van der Waals surface area contributed by atoms with Crippen LogP contribution in [0.3, 0.4) is 0 Å². The molecule has 0 saturated heterocycles. The van der Waals surface area contributed by atoms with Crippen LogP contribution < -0.4 is 11.1 Å². The molecular formula is C13H14ClF3N2OS. The molecule has 3 N–H and O–H groups in total. The highest BCUT2D eigenvalue weighted by molar-refractivity contribution is 7.80. The molecule has 0 aliphatic rings. The van der Waals surface area contributed by atoms with Crippen molar-refractivity contribution in [1.29, 1.82) is 0 Å². The molecule has 1 aromatic carbocycles. The number of rotatable bonds is 5. The van der Waals surface area contributed by atoms with Gasteiger partial charge in [-0.1, -0.05) is 37.2 Å². The molecule has 1 unspecified atom stereocenters. The van der Waals surface area contributed by atoms with E-state index in [1.165, 1.54) is 0 Å². The Bertz CT molecular complexity index is 549. The number of thiocarbonyl (C=S) groups is 1. The van der Waals surface area contributed by atoms with E-state index >= 15 is 0 Å². The number of nitrogens with one attached hydrogen (secondary N) is 1. The van der Waals surface area contributed by atoms with Gasteiger partial charge in [-0.2, -0.15) is 13.2 Å². The van der Waals surface area contributed by atoms with E-state index < -0.39 is 23.6 Å². The number of hydrogen-bond acceptors (Lipinski definition) is 2. The van der Waals surface area contributed by atoms with Crippen LogP contribution in [0.2, 0.25) is 5.02 Å². The fourth-order valence-corrected chi connectivity index (χ4v) is 2.16. The Hall–Kier alpha value is -1.34. The summed E-state index contributed by atoms with van der Waals surface area (Å²) in [5.74, 6) is -1.16. The first-order chi connectivity index (χ1) is 9.66. The minimum atomic E-state index is -4.49. The Balaban J connectivity index is 2.93. The van der Waals surface area contributed by atoms with E-state index in [4.69, 9.17) is 29.6 Å². The molecule has 1 atom stereocenters. The van der Waals surface area contributed by atoms with E-state index in [9.17, 15) is 18.0 Å². The quantitative estimate of drug-likeness (QED) is 0.798. The van der Waals surface area contributed by atoms with Crippen molar-refractivity contribution < 1.29 is 18.0 Å². The van der Waals surface area contributed by atoms with Gasteiger partial charge < -0.3 is 11.1 Å². The Morgan fingerprint density at radius 2 is 2.10 bits per heavy atom. The summed E-state index contributed by atoms with van der Waals surface area (Å²) in [5, 5.41) is 2.25. The maximum Gasteiger partial charge on any atom is 0.416 e. The van der Waals surface area contributed by atoms with Crippen molar-refractivity contribution in [2.45, 2.75) is 25.9 Å². The summed E-state index contributed by atoms with van der Waals surface area (Å²) in [7, 11) is 0. The van der Waals surface area contributed by atoms with Crippen molar-refractivity contribution in [3.8, 4) is 0 Å². The lowest BCUT2D eigenvalue weighted by atomic mass is 10.0. The molecule has 8 heteroatoms. The Labute approximate surface area is 130 Å². The van der Waals surface area contributed by atoms with Crippen molar-refractivity contribution in [3.05, 3.63) is 28.8 Å². The standard InChI is InChI=1S/C13H14ClF3N2OS/c1-2-3-8(11(18)21)12(20)19-10-5-4-7(6-9(10)14)13(15,16)17/h4-6,8H,2-3H2,1H3,(H2,18,21)(H,19,20). The number of hydrogen-bond donors (Lipinski definition) is 2. The zero-order valence-corrected chi connectivity index (χ0v) is 12.7. The van der Waals surface area contributed by atoms with Crippen LogP contribution in [-0.2, 0) is 11.0 Å². The van der Waals surface area contributed by atoms with E-state index in [1.54, 1.807) is 0 Å². The first-order valence-corrected chi connectivity index (χ1v) is 6.92. The summed E-state index contributed by atoms with van der Waals surface area (Å²) in [5.41, 5.74) is 4.69. The second-order valence-corrected chi connectivity index (χ2v) is 5.30. The van der Waals surface area contributed by atoms with E-state index in [2.05, 4.69) is 5.32 Å². The molecule has 1 amide bonds. The van der Waals surface area contributed by atoms with Gasteiger partial charge in [-0.05, 0) is 24.6 Å². The molecule has 0 heterocycles. The predicted octanol–water partition coefficient (Wildman–Crippen LogP) is 4.00. The van der Waals surface area contributed by atoms with Crippen LogP contribution in [0.15, 0.2) is 18.2 Å². The van der Waals surface area contributed by atoms with Gasteiger partial charge >= 0.3 is 6.18 Å². The number of nitrogens with two attached hydrogens (primary N) is 1. The van der Waals surface area contributed by atoms with Gasteiger partial charge in [-0.25, -0.2) is 0 Å². The maximum absolute atomic E-state index is 12.5. The lowest BCUT2D eigenvalue weighted by Gasteiger charge is -2.16. The summed E-state index contributed by atoms with van der Waals surface area (Å²) in [6.45, 7) is 1.86. The number of benzene rings is 1. The normalized spacial score (nSPS) is 12.8. The van der Waals surface area contributed by atoms with Crippen LogP contribution in [0.4, 0.5) is 18.9 Å². The topological polar surface area (TPSA) is 55.1 Å². The van der Waals surface area contributed by atoms with Gasteiger partial charge in [0.1, 0.15) is 0 Å². The molecular weight excluding hydrogens is 325 g/mol. The third-order valence-corrected chi connectivity index (χ3v) is 3.39. The number of carbonyl (C=O) groups excluding carboxylic acids is 1. The van der Waals surface area contributed by atoms with Gasteiger partial charge in [-0.3, -0.25) is 4.79 Å². The van der Waals surface area contributed by atoms with Gasteiger partial charge in [0.25, 0.3) is 0 Å². The van der Waals surface area contributed by atoms with Gasteiger partial charge in [0.15, 0.2) is 0 Å². The monoisotopic (exact) mass is 338 g/mol. The molecule has 0 aliphatic heterocycles. The Morgan fingerprint density at radius 3 is 2.52 bits per heavy atom. The molecule has 0 fully saturated rings. The summed E-state index contributed by atoms with van der Waals surface area (Å²) >= 11 is 10.6. The number of halogens is 4. The molecule has 0 saturated carbocycles. The number of carbonyl (C=O) groups is 1. The zero-order valence-electron chi connectivity index (χ0n) is 11.1. The first kappa shape index (κ1) is 17.7. The van der Waals surface area contributed by atoms with Crippen LogP contribution >= 0.6 is 23.8 Å². The SMILES string of the molecule is CCCC(C(=O)Nc1ccc(C(F)(F)F)cc1Cl)C(N)=S. The summed E-state index contributed by atoms with van der Waals surface area (Å²) in [6.07, 6.45) is -3.34. The number of alkyl halides is 3. The molecule has 21 heavy (non-hydrogen) atoms. The zero-order chi connectivity index (χ0) is 16.2. The Kier molecular flexibility index (Phi) is 5.98. The fourth-order valence-electron chi connectivity index (χ4n) is 1.70. The van der Waals surface area contributed by atoms with Crippen molar-refractivity contribution >= 4 is 40.4 Å². The summed E-state index contributed by atoms with van der Waals surface area (Å²) in [4.78, 5) is 12.1. The third-order valence-electron chi connectivity index (χ3n) is 2.79. The smallest absolute Gasteiger partial charge is 0.393 e. The van der Waals surface area contributed by atoms with Crippen molar-refractivity contribution in [1.82, 2.24) is 0 Å². The van der Waals surface area contributed by atoms with Crippen molar-refractivity contribution in [3.63, 3.8) is 0 Å². The molecule has 0 radical (unpaired) electrons. The van der Waals surface area contributed by atoms with Crippen LogP contribution in [0.5, 0.6) is 0 Å². The molecule has 1 rings (SSSR count). The summed E-state index contributed by atoms with van der Waals surface area (Å²) < 4.78 is 37.6. The first-order valence-electron chi connectivity index (χ1n) is 6.13. The molecule has 0 spiro atoms. The minimum absolute atomic E-state index is 0.0392.